The average molecular weight is 254 g/mol. The zero-order chi connectivity index (χ0) is 14.0. The number of hydrogen-bond donors (Lipinski definition) is 0. The maximum atomic E-state index is 13.5. The van der Waals surface area contributed by atoms with E-state index in [9.17, 15) is 4.39 Å². The fourth-order valence-corrected chi connectivity index (χ4v) is 1.82. The van der Waals surface area contributed by atoms with Crippen molar-refractivity contribution in [2.75, 3.05) is 0 Å². The van der Waals surface area contributed by atoms with E-state index < -0.39 is 5.95 Å². The van der Waals surface area contributed by atoms with Crippen LogP contribution in [0.5, 0.6) is 0 Å². The van der Waals surface area contributed by atoms with E-state index in [4.69, 9.17) is 5.26 Å². The summed E-state index contributed by atoms with van der Waals surface area (Å²) in [5.74, 6) is -0.721. The zero-order valence-corrected chi connectivity index (χ0v) is 11.2. The smallest absolute Gasteiger partial charge is 0.219 e. The maximum absolute atomic E-state index is 13.5. The molecule has 0 unspecified atom stereocenters. The molecule has 19 heavy (non-hydrogen) atoms. The molecule has 0 saturated carbocycles. The molecule has 2 rings (SSSR count). The van der Waals surface area contributed by atoms with Crippen molar-refractivity contribution >= 4 is 0 Å². The molecule has 0 amide bonds. The minimum atomic E-state index is -0.721. The average Bonchev–Trinajstić information content (AvgIpc) is 2.38. The van der Waals surface area contributed by atoms with Crippen molar-refractivity contribution < 1.29 is 4.39 Å². The van der Waals surface area contributed by atoms with Crippen LogP contribution in [0.25, 0.3) is 11.3 Å². The lowest BCUT2D eigenvalue weighted by molar-refractivity contribution is 0.581. The van der Waals surface area contributed by atoms with Gasteiger partial charge >= 0.3 is 0 Å². The highest BCUT2D eigenvalue weighted by Crippen LogP contribution is 2.27. The normalized spacial score (nSPS) is 11.1. The van der Waals surface area contributed by atoms with Crippen LogP contribution in [0.1, 0.15) is 31.9 Å². The van der Waals surface area contributed by atoms with E-state index in [2.05, 4.69) is 25.8 Å². The molecule has 2 aromatic rings. The molecule has 0 saturated heterocycles. The summed E-state index contributed by atoms with van der Waals surface area (Å²) in [4.78, 5) is 3.85. The lowest BCUT2D eigenvalue weighted by Crippen LogP contribution is -2.10. The summed E-state index contributed by atoms with van der Waals surface area (Å²) in [5, 5.41) is 8.70. The molecule has 0 aliphatic rings. The molecule has 0 bridgehead atoms. The monoisotopic (exact) mass is 254 g/mol. The number of aromatic nitrogens is 1. The molecule has 1 aromatic carbocycles. The first-order chi connectivity index (χ1) is 8.91. The molecule has 0 fully saturated rings. The number of nitriles is 1. The molecule has 0 N–H and O–H groups in total. The molecule has 2 nitrogen and oxygen atoms in total. The molecular formula is C16H15FN2. The fraction of sp³-hybridized carbons (Fsp3) is 0.250. The van der Waals surface area contributed by atoms with Crippen LogP contribution in [0.3, 0.4) is 0 Å². The highest BCUT2D eigenvalue weighted by atomic mass is 19.1. The predicted octanol–water partition coefficient (Wildman–Crippen LogP) is 4.06. The summed E-state index contributed by atoms with van der Waals surface area (Å²) in [6.07, 6.45) is 0. The van der Waals surface area contributed by atoms with Gasteiger partial charge in [0.2, 0.25) is 5.95 Å². The van der Waals surface area contributed by atoms with Crippen LogP contribution in [-0.2, 0) is 5.41 Å². The second-order valence-electron chi connectivity index (χ2n) is 5.48. The third kappa shape index (κ3) is 2.79. The Morgan fingerprint density at radius 2 is 1.89 bits per heavy atom. The van der Waals surface area contributed by atoms with Crippen molar-refractivity contribution in [1.29, 1.82) is 5.26 Å². The SMILES string of the molecule is CC(C)(C)c1cccc(-c2ccc(C#N)c(F)n2)c1. The molecular weight excluding hydrogens is 239 g/mol. The third-order valence-electron chi connectivity index (χ3n) is 2.99. The number of halogens is 1. The molecule has 0 aliphatic heterocycles. The van der Waals surface area contributed by atoms with E-state index >= 15 is 0 Å². The van der Waals surface area contributed by atoms with Gasteiger partial charge in [-0.05, 0) is 29.2 Å². The Labute approximate surface area is 112 Å². The Kier molecular flexibility index (Phi) is 3.35. The fourth-order valence-electron chi connectivity index (χ4n) is 1.82. The molecule has 0 radical (unpaired) electrons. The first-order valence-corrected chi connectivity index (χ1v) is 6.09. The van der Waals surface area contributed by atoms with Gasteiger partial charge in [-0.25, -0.2) is 4.98 Å². The Morgan fingerprint density at radius 3 is 2.47 bits per heavy atom. The van der Waals surface area contributed by atoms with E-state index in [1.807, 2.05) is 24.3 Å². The highest BCUT2D eigenvalue weighted by Gasteiger charge is 2.14. The van der Waals surface area contributed by atoms with E-state index in [0.29, 0.717) is 5.69 Å². The molecule has 1 heterocycles. The molecule has 0 aliphatic carbocycles. The highest BCUT2D eigenvalue weighted by molar-refractivity contribution is 5.61. The summed E-state index contributed by atoms with van der Waals surface area (Å²) >= 11 is 0. The summed E-state index contributed by atoms with van der Waals surface area (Å²) in [5.41, 5.74) is 2.56. The Hall–Kier alpha value is -2.21. The van der Waals surface area contributed by atoms with Crippen molar-refractivity contribution in [3.8, 4) is 17.3 Å². The van der Waals surface area contributed by atoms with Crippen LogP contribution in [-0.4, -0.2) is 4.98 Å². The van der Waals surface area contributed by atoms with Crippen LogP contribution in [0.2, 0.25) is 0 Å². The standard InChI is InChI=1S/C16H15FN2/c1-16(2,3)13-6-4-5-11(9-13)14-8-7-12(10-18)15(17)19-14/h4-9H,1-3H3. The Morgan fingerprint density at radius 1 is 1.16 bits per heavy atom. The van der Waals surface area contributed by atoms with Gasteiger partial charge in [0, 0.05) is 5.56 Å². The van der Waals surface area contributed by atoms with E-state index in [0.717, 1.165) is 11.1 Å². The Balaban J connectivity index is 2.48. The minimum Gasteiger partial charge on any atom is -0.219 e. The van der Waals surface area contributed by atoms with Crippen molar-refractivity contribution in [3.05, 3.63) is 53.5 Å². The number of rotatable bonds is 1. The van der Waals surface area contributed by atoms with Crippen LogP contribution >= 0.6 is 0 Å². The van der Waals surface area contributed by atoms with Gasteiger partial charge in [-0.15, -0.1) is 0 Å². The summed E-state index contributed by atoms with van der Waals surface area (Å²) in [6.45, 7) is 6.37. The second kappa shape index (κ2) is 4.81. The maximum Gasteiger partial charge on any atom is 0.231 e. The number of benzene rings is 1. The van der Waals surface area contributed by atoms with Gasteiger partial charge in [0.1, 0.15) is 11.6 Å². The van der Waals surface area contributed by atoms with Gasteiger partial charge in [-0.3, -0.25) is 0 Å². The van der Waals surface area contributed by atoms with Crippen molar-refractivity contribution in [1.82, 2.24) is 4.98 Å². The van der Waals surface area contributed by atoms with E-state index in [1.54, 1.807) is 12.1 Å². The van der Waals surface area contributed by atoms with Crippen LogP contribution in [0, 0.1) is 17.3 Å². The topological polar surface area (TPSA) is 36.7 Å². The van der Waals surface area contributed by atoms with E-state index in [-0.39, 0.29) is 11.0 Å². The number of pyridine rings is 1. The minimum absolute atomic E-state index is 0.0289. The molecule has 0 atom stereocenters. The zero-order valence-electron chi connectivity index (χ0n) is 11.2. The van der Waals surface area contributed by atoms with Gasteiger partial charge < -0.3 is 0 Å². The van der Waals surface area contributed by atoms with Crippen LogP contribution in [0.15, 0.2) is 36.4 Å². The number of nitrogens with zero attached hydrogens (tertiary/aromatic N) is 2. The lowest BCUT2D eigenvalue weighted by atomic mass is 9.86. The second-order valence-corrected chi connectivity index (χ2v) is 5.48. The summed E-state index contributed by atoms with van der Waals surface area (Å²) in [7, 11) is 0. The Bertz CT molecular complexity index is 649. The van der Waals surface area contributed by atoms with Gasteiger partial charge in [-0.2, -0.15) is 9.65 Å². The largest absolute Gasteiger partial charge is 0.231 e. The molecule has 0 spiro atoms. The van der Waals surface area contributed by atoms with E-state index in [1.165, 1.54) is 6.07 Å². The third-order valence-corrected chi connectivity index (χ3v) is 2.99. The quantitative estimate of drug-likeness (QED) is 0.720. The predicted molar refractivity (Wildman–Crippen MR) is 73.0 cm³/mol. The van der Waals surface area contributed by atoms with Gasteiger partial charge in [0.15, 0.2) is 0 Å². The van der Waals surface area contributed by atoms with Crippen molar-refractivity contribution in [3.63, 3.8) is 0 Å². The van der Waals surface area contributed by atoms with Gasteiger partial charge in [-0.1, -0.05) is 39.0 Å². The van der Waals surface area contributed by atoms with Crippen molar-refractivity contribution in [2.45, 2.75) is 26.2 Å². The molecule has 3 heteroatoms. The molecule has 96 valence electrons. The van der Waals surface area contributed by atoms with Crippen molar-refractivity contribution in [2.24, 2.45) is 0 Å². The summed E-state index contributed by atoms with van der Waals surface area (Å²) in [6, 6.07) is 12.8. The first kappa shape index (κ1) is 13.2. The first-order valence-electron chi connectivity index (χ1n) is 6.09. The van der Waals surface area contributed by atoms with Gasteiger partial charge in [0.25, 0.3) is 0 Å². The lowest BCUT2D eigenvalue weighted by Gasteiger charge is -2.19. The van der Waals surface area contributed by atoms with Gasteiger partial charge in [0.05, 0.1) is 5.69 Å². The summed E-state index contributed by atoms with van der Waals surface area (Å²) < 4.78 is 13.5. The van der Waals surface area contributed by atoms with Crippen LogP contribution in [0.4, 0.5) is 4.39 Å². The number of hydrogen-bond acceptors (Lipinski definition) is 2. The van der Waals surface area contributed by atoms with Crippen LogP contribution < -0.4 is 0 Å². The molecule has 1 aromatic heterocycles.